The molecule has 0 aliphatic heterocycles. The largest absolute Gasteiger partial charge is 0.309 e. The molecule has 4 aromatic heterocycles. The minimum atomic E-state index is 0.987. The third kappa shape index (κ3) is 4.51. The van der Waals surface area contributed by atoms with Crippen molar-refractivity contribution in [1.29, 1.82) is 0 Å². The van der Waals surface area contributed by atoms with E-state index >= 15 is 0 Å². The van der Waals surface area contributed by atoms with Crippen LogP contribution in [0.15, 0.2) is 206 Å². The van der Waals surface area contributed by atoms with E-state index in [1.54, 1.807) is 0 Å². The maximum Gasteiger partial charge on any atom is 0.0795 e. The van der Waals surface area contributed by atoms with Crippen molar-refractivity contribution in [2.24, 2.45) is 0 Å². The number of pyridine rings is 1. The van der Waals surface area contributed by atoms with Crippen LogP contribution in [0.4, 0.5) is 0 Å². The topological polar surface area (TPSA) is 27.7 Å². The van der Waals surface area contributed by atoms with E-state index < -0.39 is 0 Å². The third-order valence-corrected chi connectivity index (χ3v) is 12.4. The summed E-state index contributed by atoms with van der Waals surface area (Å²) in [4.78, 5) is 5.50. The van der Waals surface area contributed by atoms with Gasteiger partial charge in [0, 0.05) is 65.7 Å². The van der Waals surface area contributed by atoms with Crippen molar-refractivity contribution in [2.75, 3.05) is 0 Å². The molecule has 9 aromatic carbocycles. The molecule has 0 fully saturated rings. The van der Waals surface area contributed by atoms with E-state index in [0.717, 1.165) is 39.2 Å². The Balaban J connectivity index is 1.10. The fourth-order valence-corrected chi connectivity index (χ4v) is 9.95. The highest BCUT2D eigenvalue weighted by Crippen LogP contribution is 2.44. The first kappa shape index (κ1) is 32.2. The molecule has 274 valence electrons. The molecule has 13 aromatic rings. The van der Waals surface area contributed by atoms with Gasteiger partial charge in [0.2, 0.25) is 0 Å². The first-order valence-corrected chi connectivity index (χ1v) is 20.2. The van der Waals surface area contributed by atoms with E-state index in [1.165, 1.54) is 76.2 Å². The Bertz CT molecular complexity index is 3810. The molecule has 4 nitrogen and oxygen atoms in total. The Hall–Kier alpha value is -7.95. The molecule has 0 saturated carbocycles. The molecule has 0 amide bonds. The summed E-state index contributed by atoms with van der Waals surface area (Å²) in [5, 5.41) is 10.9. The van der Waals surface area contributed by atoms with Gasteiger partial charge in [-0.05, 0) is 72.1 Å². The van der Waals surface area contributed by atoms with Gasteiger partial charge >= 0.3 is 0 Å². The molecule has 0 spiro atoms. The average molecular weight is 751 g/mol. The summed E-state index contributed by atoms with van der Waals surface area (Å²) in [7, 11) is 0. The van der Waals surface area contributed by atoms with Crippen LogP contribution in [0, 0.1) is 0 Å². The fraction of sp³-hybridized carbons (Fsp3) is 0. The predicted molar refractivity (Wildman–Crippen MR) is 248 cm³/mol. The van der Waals surface area contributed by atoms with E-state index in [1.807, 2.05) is 0 Å². The number of fused-ring (bicyclic) bond motifs is 14. The van der Waals surface area contributed by atoms with Gasteiger partial charge in [0.25, 0.3) is 0 Å². The monoisotopic (exact) mass is 750 g/mol. The maximum absolute atomic E-state index is 5.50. The van der Waals surface area contributed by atoms with Gasteiger partial charge in [-0.3, -0.25) is 0 Å². The van der Waals surface area contributed by atoms with Gasteiger partial charge in [0.05, 0.1) is 44.3 Å². The SMILES string of the molecule is c1ccc(-n2c3ccccc3c3c4c(-c5ccc(-n6c7ccccc7c7ccc8c9ccccc9n(-c9ccccc9)c8c76)cc5)nc5ccccc5c4ccc32)cc1. The minimum absolute atomic E-state index is 0.987. The number of benzene rings is 9. The first-order valence-electron chi connectivity index (χ1n) is 20.2. The zero-order valence-corrected chi connectivity index (χ0v) is 31.9. The Morgan fingerprint density at radius 3 is 1.34 bits per heavy atom. The van der Waals surface area contributed by atoms with Crippen LogP contribution in [0.2, 0.25) is 0 Å². The van der Waals surface area contributed by atoms with Crippen LogP contribution in [0.25, 0.3) is 115 Å². The second-order valence-corrected chi connectivity index (χ2v) is 15.5. The Labute approximate surface area is 339 Å². The van der Waals surface area contributed by atoms with Gasteiger partial charge in [-0.2, -0.15) is 0 Å². The lowest BCUT2D eigenvalue weighted by molar-refractivity contribution is 1.15. The van der Waals surface area contributed by atoms with Gasteiger partial charge in [-0.15, -0.1) is 0 Å². The zero-order valence-electron chi connectivity index (χ0n) is 31.9. The molecule has 0 aliphatic carbocycles. The van der Waals surface area contributed by atoms with Crippen molar-refractivity contribution in [3.05, 3.63) is 206 Å². The van der Waals surface area contributed by atoms with Gasteiger partial charge < -0.3 is 13.7 Å². The molecule has 0 saturated heterocycles. The summed E-state index contributed by atoms with van der Waals surface area (Å²) in [6, 6.07) is 74.7. The molecule has 0 atom stereocenters. The number of aromatic nitrogens is 4. The molecule has 0 N–H and O–H groups in total. The van der Waals surface area contributed by atoms with Crippen molar-refractivity contribution in [3.63, 3.8) is 0 Å². The van der Waals surface area contributed by atoms with E-state index in [9.17, 15) is 0 Å². The smallest absolute Gasteiger partial charge is 0.0795 e. The molecule has 4 heteroatoms. The summed E-state index contributed by atoms with van der Waals surface area (Å²) in [5.41, 5.74) is 13.6. The molecular formula is C55H34N4. The van der Waals surface area contributed by atoms with E-state index in [0.29, 0.717) is 0 Å². The molecule has 0 unspecified atom stereocenters. The van der Waals surface area contributed by atoms with Crippen LogP contribution in [-0.2, 0) is 0 Å². The lowest BCUT2D eigenvalue weighted by Crippen LogP contribution is -1.99. The highest BCUT2D eigenvalue weighted by Gasteiger charge is 2.23. The second kappa shape index (κ2) is 12.3. The summed E-state index contributed by atoms with van der Waals surface area (Å²) in [6.45, 7) is 0. The van der Waals surface area contributed by atoms with Crippen LogP contribution >= 0.6 is 0 Å². The van der Waals surface area contributed by atoms with Crippen LogP contribution in [0.1, 0.15) is 0 Å². The number of para-hydroxylation sites is 6. The first-order chi connectivity index (χ1) is 29.3. The maximum atomic E-state index is 5.50. The average Bonchev–Trinajstić information content (AvgIpc) is 3.95. The third-order valence-electron chi connectivity index (χ3n) is 12.4. The van der Waals surface area contributed by atoms with E-state index in [2.05, 4.69) is 220 Å². The summed E-state index contributed by atoms with van der Waals surface area (Å²) < 4.78 is 7.30. The van der Waals surface area contributed by atoms with E-state index in [-0.39, 0.29) is 0 Å². The number of rotatable bonds is 4. The lowest BCUT2D eigenvalue weighted by Gasteiger charge is -2.15. The quantitative estimate of drug-likeness (QED) is 0.165. The Morgan fingerprint density at radius 1 is 0.271 bits per heavy atom. The number of hydrogen-bond acceptors (Lipinski definition) is 1. The van der Waals surface area contributed by atoms with Gasteiger partial charge in [0.15, 0.2) is 0 Å². The van der Waals surface area contributed by atoms with Gasteiger partial charge in [-0.1, -0.05) is 140 Å². The predicted octanol–water partition coefficient (Wildman–Crippen LogP) is 14.3. The Morgan fingerprint density at radius 2 is 0.729 bits per heavy atom. The van der Waals surface area contributed by atoms with Crippen molar-refractivity contribution in [1.82, 2.24) is 18.7 Å². The van der Waals surface area contributed by atoms with Crippen molar-refractivity contribution >= 4 is 87.1 Å². The summed E-state index contributed by atoms with van der Waals surface area (Å²) in [6.07, 6.45) is 0. The van der Waals surface area contributed by atoms with Gasteiger partial charge in [0.1, 0.15) is 0 Å². The van der Waals surface area contributed by atoms with Crippen LogP contribution in [-0.4, -0.2) is 18.7 Å². The van der Waals surface area contributed by atoms with Crippen LogP contribution in [0.5, 0.6) is 0 Å². The Kier molecular flexibility index (Phi) is 6.69. The summed E-state index contributed by atoms with van der Waals surface area (Å²) in [5.74, 6) is 0. The summed E-state index contributed by atoms with van der Waals surface area (Å²) >= 11 is 0. The fourth-order valence-electron chi connectivity index (χ4n) is 9.95. The second-order valence-electron chi connectivity index (χ2n) is 15.5. The van der Waals surface area contributed by atoms with Crippen LogP contribution < -0.4 is 0 Å². The molecule has 0 radical (unpaired) electrons. The molecule has 0 aliphatic rings. The molecule has 0 bridgehead atoms. The zero-order chi connectivity index (χ0) is 38.6. The van der Waals surface area contributed by atoms with Crippen LogP contribution in [0.3, 0.4) is 0 Å². The van der Waals surface area contributed by atoms with Crippen molar-refractivity contribution in [2.45, 2.75) is 0 Å². The molecule has 59 heavy (non-hydrogen) atoms. The molecular weight excluding hydrogens is 717 g/mol. The molecule has 13 rings (SSSR count). The van der Waals surface area contributed by atoms with Crippen molar-refractivity contribution < 1.29 is 0 Å². The number of nitrogens with zero attached hydrogens (tertiary/aromatic N) is 4. The minimum Gasteiger partial charge on any atom is -0.309 e. The standard InChI is InChI=1S/C55H34N4/c1-3-15-36(16-4-1)57-49-26-14-10-22-45(49)51-50(57)34-33-42-39-19-7-11-23-46(39)56-53(52(42)51)35-27-29-38(30-28-35)59-48-25-13-9-21-41(48)44-32-31-43-40-20-8-12-24-47(40)58(54(43)55(44)59)37-17-5-2-6-18-37/h1-34H. The number of hydrogen-bond donors (Lipinski definition) is 0. The highest BCUT2D eigenvalue weighted by atomic mass is 15.0. The van der Waals surface area contributed by atoms with E-state index in [4.69, 9.17) is 4.98 Å². The normalized spacial score (nSPS) is 12.1. The van der Waals surface area contributed by atoms with Crippen molar-refractivity contribution in [3.8, 4) is 28.3 Å². The molecule has 4 heterocycles. The van der Waals surface area contributed by atoms with Gasteiger partial charge in [-0.25, -0.2) is 4.98 Å². The highest BCUT2D eigenvalue weighted by molar-refractivity contribution is 6.28. The lowest BCUT2D eigenvalue weighted by atomic mass is 9.96.